The van der Waals surface area contributed by atoms with E-state index in [0.29, 0.717) is 16.4 Å². The molecule has 1 aromatic heterocycles. The Hall–Kier alpha value is -1.75. The highest BCUT2D eigenvalue weighted by Gasteiger charge is 2.20. The molecule has 0 radical (unpaired) electrons. The first-order chi connectivity index (χ1) is 7.66. The highest BCUT2D eigenvalue weighted by molar-refractivity contribution is 7.21. The molecule has 0 atom stereocenters. The van der Waals surface area contributed by atoms with E-state index in [1.807, 2.05) is 19.1 Å². The van der Waals surface area contributed by atoms with Crippen LogP contribution in [-0.2, 0) is 0 Å². The van der Waals surface area contributed by atoms with Gasteiger partial charge in [0.1, 0.15) is 4.88 Å². The van der Waals surface area contributed by atoms with Gasteiger partial charge in [-0.25, -0.2) is 4.79 Å². The Labute approximate surface area is 95.0 Å². The fraction of sp³-hybridized carbons (Fsp3) is 0.182. The zero-order chi connectivity index (χ0) is 11.3. The number of carbonyl (C=O) groups is 1. The number of hydrogen-bond donors (Lipinski definition) is 1. The molecule has 0 fully saturated rings. The molecule has 2 aromatic rings. The first-order valence-corrected chi connectivity index (χ1v) is 5.54. The number of fused-ring (bicyclic) bond motifs is 2. The van der Waals surface area contributed by atoms with Crippen LogP contribution in [0, 0.1) is 6.92 Å². The number of rotatable bonds is 1. The van der Waals surface area contributed by atoms with E-state index in [1.54, 1.807) is 0 Å². The molecular formula is C11H8O4S. The third-order valence-electron chi connectivity index (χ3n) is 2.63. The van der Waals surface area contributed by atoms with E-state index in [0.717, 1.165) is 15.6 Å². The molecule has 0 unspecified atom stereocenters. The largest absolute Gasteiger partial charge is 0.477 e. The van der Waals surface area contributed by atoms with Gasteiger partial charge in [0.25, 0.3) is 0 Å². The van der Waals surface area contributed by atoms with Gasteiger partial charge in [-0.2, -0.15) is 0 Å². The van der Waals surface area contributed by atoms with E-state index < -0.39 is 5.97 Å². The Morgan fingerprint density at radius 1 is 1.38 bits per heavy atom. The van der Waals surface area contributed by atoms with Crippen molar-refractivity contribution < 1.29 is 19.4 Å². The van der Waals surface area contributed by atoms with Crippen LogP contribution in [0.4, 0.5) is 0 Å². The molecule has 1 aliphatic heterocycles. The van der Waals surface area contributed by atoms with Gasteiger partial charge in [0.15, 0.2) is 11.5 Å². The lowest BCUT2D eigenvalue weighted by Crippen LogP contribution is -1.94. The molecule has 0 saturated heterocycles. The summed E-state index contributed by atoms with van der Waals surface area (Å²) < 4.78 is 11.4. The van der Waals surface area contributed by atoms with Gasteiger partial charge >= 0.3 is 5.97 Å². The van der Waals surface area contributed by atoms with Crippen molar-refractivity contribution in [3.8, 4) is 11.5 Å². The molecule has 1 aromatic carbocycles. The maximum atomic E-state index is 11.0. The molecule has 16 heavy (non-hydrogen) atoms. The fourth-order valence-corrected chi connectivity index (χ4v) is 2.87. The maximum absolute atomic E-state index is 11.0. The smallest absolute Gasteiger partial charge is 0.346 e. The molecule has 0 bridgehead atoms. The minimum absolute atomic E-state index is 0.234. The van der Waals surface area contributed by atoms with Crippen LogP contribution in [-0.4, -0.2) is 17.9 Å². The second-order valence-electron chi connectivity index (χ2n) is 3.56. The number of carboxylic acid groups (broad SMARTS) is 1. The molecule has 4 nitrogen and oxygen atoms in total. The molecule has 1 N–H and O–H groups in total. The van der Waals surface area contributed by atoms with Crippen LogP contribution in [0.5, 0.6) is 11.5 Å². The van der Waals surface area contributed by atoms with E-state index in [-0.39, 0.29) is 6.79 Å². The SMILES string of the molecule is Cc1c(C(=O)O)sc2cc3c(cc12)OCO3. The van der Waals surface area contributed by atoms with Gasteiger partial charge in [-0.3, -0.25) is 0 Å². The summed E-state index contributed by atoms with van der Waals surface area (Å²) in [6.45, 7) is 2.04. The van der Waals surface area contributed by atoms with Crippen LogP contribution in [0.15, 0.2) is 12.1 Å². The van der Waals surface area contributed by atoms with Crippen LogP contribution < -0.4 is 9.47 Å². The van der Waals surface area contributed by atoms with Crippen LogP contribution >= 0.6 is 11.3 Å². The number of aryl methyl sites for hydroxylation is 1. The van der Waals surface area contributed by atoms with Crippen LogP contribution in [0.3, 0.4) is 0 Å². The minimum atomic E-state index is -0.888. The van der Waals surface area contributed by atoms with Crippen molar-refractivity contribution in [3.63, 3.8) is 0 Å². The predicted molar refractivity (Wildman–Crippen MR) is 59.6 cm³/mol. The number of ether oxygens (including phenoxy) is 2. The van der Waals surface area contributed by atoms with Gasteiger partial charge in [0.2, 0.25) is 6.79 Å². The van der Waals surface area contributed by atoms with Crippen molar-refractivity contribution in [1.29, 1.82) is 0 Å². The lowest BCUT2D eigenvalue weighted by atomic mass is 10.1. The van der Waals surface area contributed by atoms with E-state index in [9.17, 15) is 4.79 Å². The molecule has 2 heterocycles. The summed E-state index contributed by atoms with van der Waals surface area (Å²) >= 11 is 1.26. The van der Waals surface area contributed by atoms with Gasteiger partial charge < -0.3 is 14.6 Å². The lowest BCUT2D eigenvalue weighted by molar-refractivity contribution is 0.0701. The van der Waals surface area contributed by atoms with Crippen LogP contribution in [0.2, 0.25) is 0 Å². The fourth-order valence-electron chi connectivity index (χ4n) is 1.81. The lowest BCUT2D eigenvalue weighted by Gasteiger charge is -1.96. The van der Waals surface area contributed by atoms with Gasteiger partial charge in [-0.05, 0) is 18.6 Å². The summed E-state index contributed by atoms with van der Waals surface area (Å²) in [5, 5.41) is 9.95. The molecule has 5 heteroatoms. The highest BCUT2D eigenvalue weighted by Crippen LogP contribution is 2.41. The predicted octanol–water partition coefficient (Wildman–Crippen LogP) is 2.64. The van der Waals surface area contributed by atoms with Gasteiger partial charge in [0.05, 0.1) is 0 Å². The molecule has 0 saturated carbocycles. The van der Waals surface area contributed by atoms with Gasteiger partial charge in [-0.15, -0.1) is 11.3 Å². The second-order valence-corrected chi connectivity index (χ2v) is 4.62. The van der Waals surface area contributed by atoms with Crippen molar-refractivity contribution in [2.45, 2.75) is 6.92 Å². The van der Waals surface area contributed by atoms with E-state index in [4.69, 9.17) is 14.6 Å². The molecule has 1 aliphatic rings. The van der Waals surface area contributed by atoms with Crippen molar-refractivity contribution >= 4 is 27.4 Å². The Morgan fingerprint density at radius 2 is 2.06 bits per heavy atom. The summed E-state index contributed by atoms with van der Waals surface area (Å²) in [5.74, 6) is 0.483. The molecular weight excluding hydrogens is 228 g/mol. The average molecular weight is 236 g/mol. The normalized spacial score (nSPS) is 13.3. The molecule has 0 aliphatic carbocycles. The number of thiophene rings is 1. The Kier molecular flexibility index (Phi) is 1.85. The van der Waals surface area contributed by atoms with Crippen LogP contribution in [0.1, 0.15) is 15.2 Å². The van der Waals surface area contributed by atoms with E-state index in [1.165, 1.54) is 11.3 Å². The quantitative estimate of drug-likeness (QED) is 0.827. The zero-order valence-corrected chi connectivity index (χ0v) is 9.26. The molecule has 82 valence electrons. The number of hydrogen-bond acceptors (Lipinski definition) is 4. The van der Waals surface area contributed by atoms with E-state index in [2.05, 4.69) is 0 Å². The topological polar surface area (TPSA) is 55.8 Å². The zero-order valence-electron chi connectivity index (χ0n) is 8.44. The van der Waals surface area contributed by atoms with Gasteiger partial charge in [-0.1, -0.05) is 0 Å². The second kappa shape index (κ2) is 3.12. The summed E-state index contributed by atoms with van der Waals surface area (Å²) in [6.07, 6.45) is 0. The number of aromatic carboxylic acids is 1. The summed E-state index contributed by atoms with van der Waals surface area (Å²) in [4.78, 5) is 11.4. The van der Waals surface area contributed by atoms with Crippen molar-refractivity contribution in [2.75, 3.05) is 6.79 Å². The minimum Gasteiger partial charge on any atom is -0.477 e. The van der Waals surface area contributed by atoms with E-state index >= 15 is 0 Å². The first kappa shape index (κ1) is 9.47. The standard InChI is InChI=1S/C11H8O4S/c1-5-6-2-7-8(15-4-14-7)3-9(6)16-10(5)11(12)13/h2-3H,4H2,1H3,(H,12,13). The van der Waals surface area contributed by atoms with Crippen molar-refractivity contribution in [1.82, 2.24) is 0 Å². The molecule has 0 spiro atoms. The molecule has 0 amide bonds. The van der Waals surface area contributed by atoms with Crippen molar-refractivity contribution in [3.05, 3.63) is 22.6 Å². The van der Waals surface area contributed by atoms with Gasteiger partial charge in [0, 0.05) is 16.2 Å². The Balaban J connectivity index is 2.32. The number of carboxylic acids is 1. The first-order valence-electron chi connectivity index (χ1n) is 4.73. The summed E-state index contributed by atoms with van der Waals surface area (Å²) in [6, 6.07) is 3.68. The third-order valence-corrected chi connectivity index (χ3v) is 3.87. The number of benzene rings is 1. The van der Waals surface area contributed by atoms with Crippen molar-refractivity contribution in [2.24, 2.45) is 0 Å². The Bertz CT molecular complexity index is 600. The monoisotopic (exact) mass is 236 g/mol. The summed E-state index contributed by atoms with van der Waals surface area (Å²) in [7, 11) is 0. The average Bonchev–Trinajstić information content (AvgIpc) is 2.80. The molecule has 3 rings (SSSR count). The summed E-state index contributed by atoms with van der Waals surface area (Å²) in [5.41, 5.74) is 0.783. The maximum Gasteiger partial charge on any atom is 0.346 e. The highest BCUT2D eigenvalue weighted by atomic mass is 32.1. The van der Waals surface area contributed by atoms with Crippen LogP contribution in [0.25, 0.3) is 10.1 Å². The third kappa shape index (κ3) is 1.18. The Morgan fingerprint density at radius 3 is 2.75 bits per heavy atom.